The van der Waals surface area contributed by atoms with E-state index in [1.165, 1.54) is 12.1 Å². The number of nitrogens with one attached hydrogen (secondary N) is 3. The first-order valence-corrected chi connectivity index (χ1v) is 13.6. The SMILES string of the molecule is O=C(NC[C@@H](NS(=O)(=O)c1ccccc1)[P+](=O)O)c1ccc(OCCC2CCNCC2)cc1. The van der Waals surface area contributed by atoms with Gasteiger partial charge in [0.1, 0.15) is 5.75 Å². The smallest absolute Gasteiger partial charge is 0.494 e. The Morgan fingerprint density at radius 3 is 2.42 bits per heavy atom. The van der Waals surface area contributed by atoms with E-state index < -0.39 is 29.7 Å². The van der Waals surface area contributed by atoms with Crippen LogP contribution in [-0.2, 0) is 14.6 Å². The van der Waals surface area contributed by atoms with Crippen LogP contribution in [0.25, 0.3) is 0 Å². The Labute approximate surface area is 194 Å². The molecule has 0 bridgehead atoms. The lowest BCUT2D eigenvalue weighted by Crippen LogP contribution is -2.41. The number of carbonyl (C=O) groups excluding carboxylic acids is 1. The molecule has 0 radical (unpaired) electrons. The number of amides is 1. The van der Waals surface area contributed by atoms with Crippen molar-refractivity contribution in [1.82, 2.24) is 15.4 Å². The summed E-state index contributed by atoms with van der Waals surface area (Å²) in [5.74, 6) is -0.530. The van der Waals surface area contributed by atoms with Crippen LogP contribution in [0.3, 0.4) is 0 Å². The highest BCUT2D eigenvalue weighted by Gasteiger charge is 2.34. The molecule has 4 N–H and O–H groups in total. The van der Waals surface area contributed by atoms with E-state index in [1.807, 2.05) is 0 Å². The van der Waals surface area contributed by atoms with Crippen molar-refractivity contribution in [2.75, 3.05) is 26.2 Å². The summed E-state index contributed by atoms with van der Waals surface area (Å²) in [4.78, 5) is 21.9. The van der Waals surface area contributed by atoms with Gasteiger partial charge in [0.2, 0.25) is 10.0 Å². The predicted octanol–water partition coefficient (Wildman–Crippen LogP) is 2.22. The quantitative estimate of drug-likeness (QED) is 0.352. The lowest BCUT2D eigenvalue weighted by molar-refractivity contribution is 0.0953. The lowest BCUT2D eigenvalue weighted by atomic mass is 9.95. The van der Waals surface area contributed by atoms with Crippen LogP contribution in [0.4, 0.5) is 0 Å². The number of carbonyl (C=O) groups is 1. The van der Waals surface area contributed by atoms with Crippen LogP contribution < -0.4 is 20.1 Å². The van der Waals surface area contributed by atoms with E-state index in [0.29, 0.717) is 23.8 Å². The maximum absolute atomic E-state index is 12.4. The molecule has 3 rings (SSSR count). The summed E-state index contributed by atoms with van der Waals surface area (Å²) in [5.41, 5.74) is 0.332. The van der Waals surface area contributed by atoms with Crippen LogP contribution in [0.5, 0.6) is 5.75 Å². The number of piperidine rings is 1. The molecule has 11 heteroatoms. The average Bonchev–Trinajstić information content (AvgIpc) is 2.83. The number of ether oxygens (including phenoxy) is 1. The van der Waals surface area contributed by atoms with Gasteiger partial charge in [-0.2, -0.15) is 9.62 Å². The first-order valence-electron chi connectivity index (χ1n) is 10.8. The van der Waals surface area contributed by atoms with Gasteiger partial charge in [0.05, 0.1) is 18.0 Å². The summed E-state index contributed by atoms with van der Waals surface area (Å²) in [6, 6.07) is 14.1. The van der Waals surface area contributed by atoms with Crippen LogP contribution in [0.1, 0.15) is 29.6 Å². The third-order valence-electron chi connectivity index (χ3n) is 5.44. The third kappa shape index (κ3) is 7.87. The fourth-order valence-electron chi connectivity index (χ4n) is 3.52. The summed E-state index contributed by atoms with van der Waals surface area (Å²) in [7, 11) is -6.92. The van der Waals surface area contributed by atoms with Crippen molar-refractivity contribution >= 4 is 24.0 Å². The molecule has 1 fully saturated rings. The number of hydrogen-bond donors (Lipinski definition) is 4. The molecule has 33 heavy (non-hydrogen) atoms. The third-order valence-corrected chi connectivity index (χ3v) is 7.94. The molecular weight excluding hydrogens is 465 g/mol. The summed E-state index contributed by atoms with van der Waals surface area (Å²) in [6.45, 7) is 2.37. The molecule has 2 aromatic carbocycles. The fourth-order valence-corrected chi connectivity index (χ4v) is 5.64. The van der Waals surface area contributed by atoms with Gasteiger partial charge in [-0.1, -0.05) is 18.2 Å². The zero-order valence-electron chi connectivity index (χ0n) is 18.1. The fraction of sp³-hybridized carbons (Fsp3) is 0.409. The van der Waals surface area contributed by atoms with Crippen molar-refractivity contribution in [3.8, 4) is 5.75 Å². The molecular formula is C22H29N3O6PS+. The molecule has 0 aliphatic carbocycles. The minimum Gasteiger partial charge on any atom is -0.494 e. The molecule has 1 amide bonds. The molecule has 1 unspecified atom stereocenters. The summed E-state index contributed by atoms with van der Waals surface area (Å²) < 4.78 is 44.4. The van der Waals surface area contributed by atoms with E-state index in [9.17, 15) is 22.7 Å². The molecule has 9 nitrogen and oxygen atoms in total. The number of benzene rings is 2. The molecule has 0 saturated carbocycles. The van der Waals surface area contributed by atoms with Gasteiger partial charge in [0, 0.05) is 5.56 Å². The number of sulfonamides is 1. The lowest BCUT2D eigenvalue weighted by Gasteiger charge is -2.22. The molecule has 1 saturated heterocycles. The van der Waals surface area contributed by atoms with Crippen LogP contribution in [0.15, 0.2) is 59.5 Å². The zero-order chi connectivity index (χ0) is 23.7. The first-order chi connectivity index (χ1) is 15.8. The van der Waals surface area contributed by atoms with Crippen molar-refractivity contribution in [2.45, 2.75) is 29.9 Å². The van der Waals surface area contributed by atoms with Gasteiger partial charge in [-0.05, 0) is 79.2 Å². The Morgan fingerprint density at radius 1 is 1.12 bits per heavy atom. The topological polar surface area (TPSA) is 134 Å². The molecule has 0 aromatic heterocycles. The Kier molecular flexibility index (Phi) is 9.34. The van der Waals surface area contributed by atoms with Gasteiger partial charge in [0.25, 0.3) is 11.7 Å². The van der Waals surface area contributed by atoms with Gasteiger partial charge >= 0.3 is 8.03 Å². The van der Waals surface area contributed by atoms with Crippen LogP contribution >= 0.6 is 8.03 Å². The van der Waals surface area contributed by atoms with Crippen molar-refractivity contribution in [3.63, 3.8) is 0 Å². The summed E-state index contributed by atoms with van der Waals surface area (Å²) in [6.07, 6.45) is 3.30. The normalized spacial score (nSPS) is 16.1. The Balaban J connectivity index is 1.49. The highest BCUT2D eigenvalue weighted by Crippen LogP contribution is 2.22. The summed E-state index contributed by atoms with van der Waals surface area (Å²) in [5, 5.41) is 5.84. The van der Waals surface area contributed by atoms with E-state index in [4.69, 9.17) is 4.74 Å². The van der Waals surface area contributed by atoms with E-state index >= 15 is 0 Å². The van der Waals surface area contributed by atoms with Crippen LogP contribution in [0, 0.1) is 5.92 Å². The van der Waals surface area contributed by atoms with E-state index in [0.717, 1.165) is 32.4 Å². The highest BCUT2D eigenvalue weighted by molar-refractivity contribution is 7.89. The zero-order valence-corrected chi connectivity index (χ0v) is 19.9. The molecule has 1 aliphatic heterocycles. The second kappa shape index (κ2) is 12.2. The maximum Gasteiger partial charge on any atom is 0.527 e. The van der Waals surface area contributed by atoms with Crippen LogP contribution in [-0.4, -0.2) is 51.2 Å². The number of hydrogen-bond acceptors (Lipinski definition) is 6. The van der Waals surface area contributed by atoms with E-state index in [1.54, 1.807) is 42.5 Å². The van der Waals surface area contributed by atoms with Gasteiger partial charge in [-0.15, -0.1) is 0 Å². The van der Waals surface area contributed by atoms with Crippen molar-refractivity contribution in [2.24, 2.45) is 5.92 Å². The van der Waals surface area contributed by atoms with Crippen molar-refractivity contribution in [3.05, 3.63) is 60.2 Å². The Hall–Kier alpha value is -2.36. The molecule has 1 aliphatic rings. The second-order valence-corrected chi connectivity index (χ2v) is 10.8. The molecule has 2 atom stereocenters. The minimum absolute atomic E-state index is 0.0334. The van der Waals surface area contributed by atoms with Gasteiger partial charge in [0.15, 0.2) is 0 Å². The van der Waals surface area contributed by atoms with Crippen molar-refractivity contribution in [1.29, 1.82) is 0 Å². The van der Waals surface area contributed by atoms with E-state index in [2.05, 4.69) is 15.4 Å². The Morgan fingerprint density at radius 2 is 1.79 bits per heavy atom. The van der Waals surface area contributed by atoms with Crippen LogP contribution in [0.2, 0.25) is 0 Å². The minimum atomic E-state index is -4.01. The summed E-state index contributed by atoms with van der Waals surface area (Å²) >= 11 is 0. The molecule has 1 heterocycles. The van der Waals surface area contributed by atoms with Gasteiger partial charge in [-0.3, -0.25) is 4.79 Å². The maximum atomic E-state index is 12.4. The first kappa shape index (κ1) is 25.3. The highest BCUT2D eigenvalue weighted by atomic mass is 32.2. The van der Waals surface area contributed by atoms with Gasteiger partial charge in [-0.25, -0.2) is 8.42 Å². The van der Waals surface area contributed by atoms with Crippen molar-refractivity contribution < 1.29 is 27.4 Å². The Bertz CT molecular complexity index is 1030. The molecule has 2 aromatic rings. The predicted molar refractivity (Wildman–Crippen MR) is 125 cm³/mol. The largest absolute Gasteiger partial charge is 0.527 e. The monoisotopic (exact) mass is 494 g/mol. The molecule has 0 spiro atoms. The van der Waals surface area contributed by atoms with E-state index in [-0.39, 0.29) is 11.4 Å². The number of rotatable bonds is 11. The second-order valence-electron chi connectivity index (χ2n) is 7.82. The molecule has 178 valence electrons. The average molecular weight is 495 g/mol. The standard InChI is InChI=1S/C22H28N3O6PS/c26-22(18-6-8-19(9-7-18)31-15-12-17-10-13-23-14-11-17)24-16-21(32(27)28)25-33(29,30)20-4-2-1-3-5-20/h1-9,17,21,23,25H,10-16H2,(H-,24,26,27,28)/p+1/t21-/m0/s1. The van der Waals surface area contributed by atoms with Gasteiger partial charge < -0.3 is 15.4 Å².